The van der Waals surface area contributed by atoms with E-state index in [1.807, 2.05) is 6.92 Å². The van der Waals surface area contributed by atoms with E-state index < -0.39 is 11.2 Å². The molecule has 0 radical (unpaired) electrons. The van der Waals surface area contributed by atoms with E-state index in [0.29, 0.717) is 11.3 Å². The first kappa shape index (κ1) is 16.4. The van der Waals surface area contributed by atoms with Crippen molar-refractivity contribution in [2.45, 2.75) is 96.7 Å². The van der Waals surface area contributed by atoms with Crippen LogP contribution in [0.15, 0.2) is 0 Å². The van der Waals surface area contributed by atoms with E-state index in [4.69, 9.17) is 0 Å². The van der Waals surface area contributed by atoms with Crippen LogP contribution in [0, 0.1) is 34.5 Å². The monoisotopic (exact) mass is 320 g/mol. The largest absolute Gasteiger partial charge is 0.390 e. The molecule has 8 atom stereocenters. The lowest BCUT2D eigenvalue weighted by Gasteiger charge is -2.62. The molecule has 4 aliphatic carbocycles. The van der Waals surface area contributed by atoms with Crippen LogP contribution < -0.4 is 0 Å². The summed E-state index contributed by atoms with van der Waals surface area (Å²) in [4.78, 5) is 0. The van der Waals surface area contributed by atoms with Crippen molar-refractivity contribution in [2.75, 3.05) is 0 Å². The summed E-state index contributed by atoms with van der Waals surface area (Å²) in [7, 11) is 0. The first-order valence-corrected chi connectivity index (χ1v) is 10.0. The minimum atomic E-state index is -0.462. The second-order valence-corrected chi connectivity index (χ2v) is 10.6. The third-order valence-electron chi connectivity index (χ3n) is 9.52. The van der Waals surface area contributed by atoms with Crippen LogP contribution in [0.4, 0.5) is 0 Å². The molecule has 4 saturated carbocycles. The Bertz CT molecular complexity index is 496. The highest BCUT2D eigenvalue weighted by Gasteiger charge is 2.63. The van der Waals surface area contributed by atoms with Crippen molar-refractivity contribution in [3.8, 4) is 0 Å². The molecule has 0 saturated heterocycles. The number of hydrogen-bond acceptors (Lipinski definition) is 2. The molecule has 4 rings (SSSR count). The fourth-order valence-electron chi connectivity index (χ4n) is 7.67. The summed E-state index contributed by atoms with van der Waals surface area (Å²) in [6, 6.07) is 0. The van der Waals surface area contributed by atoms with E-state index in [1.165, 1.54) is 38.5 Å². The van der Waals surface area contributed by atoms with Crippen LogP contribution in [0.3, 0.4) is 0 Å². The third kappa shape index (κ3) is 2.13. The van der Waals surface area contributed by atoms with Gasteiger partial charge < -0.3 is 10.2 Å². The van der Waals surface area contributed by atoms with Crippen LogP contribution in [0.1, 0.15) is 85.5 Å². The molecule has 4 aliphatic rings. The van der Waals surface area contributed by atoms with Crippen molar-refractivity contribution >= 4 is 0 Å². The molecule has 132 valence electrons. The third-order valence-corrected chi connectivity index (χ3v) is 9.52. The van der Waals surface area contributed by atoms with Gasteiger partial charge in [-0.2, -0.15) is 0 Å². The molecule has 4 fully saturated rings. The zero-order valence-corrected chi connectivity index (χ0v) is 15.6. The summed E-state index contributed by atoms with van der Waals surface area (Å²) in [6.07, 6.45) is 10.5. The molecule has 0 heterocycles. The van der Waals surface area contributed by atoms with E-state index in [9.17, 15) is 10.2 Å². The maximum Gasteiger partial charge on any atom is 0.0675 e. The number of rotatable bonds is 0. The zero-order chi connectivity index (χ0) is 16.7. The quantitative estimate of drug-likeness (QED) is 0.688. The van der Waals surface area contributed by atoms with Crippen LogP contribution in [0.5, 0.6) is 0 Å². The van der Waals surface area contributed by atoms with Gasteiger partial charge in [0, 0.05) is 0 Å². The van der Waals surface area contributed by atoms with E-state index in [2.05, 4.69) is 20.8 Å². The Kier molecular flexibility index (Phi) is 3.39. The average molecular weight is 321 g/mol. The second-order valence-electron chi connectivity index (χ2n) is 10.6. The van der Waals surface area contributed by atoms with E-state index in [-0.39, 0.29) is 5.41 Å². The average Bonchev–Trinajstić information content (AvgIpc) is 2.70. The van der Waals surface area contributed by atoms with Gasteiger partial charge in [0.05, 0.1) is 11.2 Å². The van der Waals surface area contributed by atoms with E-state index >= 15 is 0 Å². The van der Waals surface area contributed by atoms with Gasteiger partial charge in [-0.05, 0) is 106 Å². The molecule has 0 aromatic heterocycles. The molecule has 3 unspecified atom stereocenters. The lowest BCUT2D eigenvalue weighted by molar-refractivity contribution is -0.164. The van der Waals surface area contributed by atoms with Crippen molar-refractivity contribution in [3.63, 3.8) is 0 Å². The standard InChI is InChI=1S/C21H36O2/c1-18(22)11-12-19(2)14(13-18)5-6-15-16(19)7-9-20(3)17(15)8-10-21(20,4)23/h14-17,22-23H,5-13H2,1-4H3/t14?,15-,16-,17+,18?,19+,20+,21?/m1/s1. The van der Waals surface area contributed by atoms with Crippen molar-refractivity contribution in [1.82, 2.24) is 0 Å². The summed E-state index contributed by atoms with van der Waals surface area (Å²) in [6.45, 7) is 9.06. The fraction of sp³-hybridized carbons (Fsp3) is 1.00. The molecule has 23 heavy (non-hydrogen) atoms. The first-order valence-electron chi connectivity index (χ1n) is 10.0. The van der Waals surface area contributed by atoms with Gasteiger partial charge in [-0.1, -0.05) is 13.8 Å². The van der Waals surface area contributed by atoms with Gasteiger partial charge in [0.1, 0.15) is 0 Å². The van der Waals surface area contributed by atoms with Crippen molar-refractivity contribution in [1.29, 1.82) is 0 Å². The Balaban J connectivity index is 1.63. The molecule has 0 amide bonds. The van der Waals surface area contributed by atoms with Gasteiger partial charge in [0.2, 0.25) is 0 Å². The zero-order valence-electron chi connectivity index (χ0n) is 15.6. The Labute approximate surface area is 142 Å². The van der Waals surface area contributed by atoms with Crippen molar-refractivity contribution in [2.24, 2.45) is 34.5 Å². The summed E-state index contributed by atoms with van der Waals surface area (Å²) < 4.78 is 0. The summed E-state index contributed by atoms with van der Waals surface area (Å²) in [5, 5.41) is 21.5. The molecular weight excluding hydrogens is 284 g/mol. The summed E-state index contributed by atoms with van der Waals surface area (Å²) >= 11 is 0. The molecule has 2 N–H and O–H groups in total. The molecule has 0 aromatic carbocycles. The summed E-state index contributed by atoms with van der Waals surface area (Å²) in [5.74, 6) is 3.06. The Morgan fingerprint density at radius 3 is 2.17 bits per heavy atom. The number of fused-ring (bicyclic) bond motifs is 5. The fourth-order valence-corrected chi connectivity index (χ4v) is 7.67. The maximum atomic E-state index is 11.0. The second kappa shape index (κ2) is 4.75. The van der Waals surface area contributed by atoms with Crippen LogP contribution in [-0.2, 0) is 0 Å². The highest BCUT2D eigenvalue weighted by Crippen LogP contribution is 2.68. The van der Waals surface area contributed by atoms with Gasteiger partial charge in [-0.15, -0.1) is 0 Å². The molecule has 0 bridgehead atoms. The number of aliphatic hydroxyl groups is 2. The van der Waals surface area contributed by atoms with Gasteiger partial charge in [0.25, 0.3) is 0 Å². The lowest BCUT2D eigenvalue weighted by atomic mass is 9.44. The van der Waals surface area contributed by atoms with E-state index in [1.54, 1.807) is 0 Å². The maximum absolute atomic E-state index is 11.0. The van der Waals surface area contributed by atoms with Crippen LogP contribution in [0.25, 0.3) is 0 Å². The highest BCUT2D eigenvalue weighted by molar-refractivity contribution is 5.13. The predicted molar refractivity (Wildman–Crippen MR) is 93.0 cm³/mol. The Hall–Kier alpha value is -0.0800. The minimum Gasteiger partial charge on any atom is -0.390 e. The molecule has 0 aromatic rings. The summed E-state index contributed by atoms with van der Waals surface area (Å²) in [5.41, 5.74) is -0.327. The van der Waals surface area contributed by atoms with Crippen LogP contribution >= 0.6 is 0 Å². The minimum absolute atomic E-state index is 0.136. The van der Waals surface area contributed by atoms with Crippen molar-refractivity contribution < 1.29 is 10.2 Å². The predicted octanol–water partition coefficient (Wildman–Crippen LogP) is 4.53. The lowest BCUT2D eigenvalue weighted by Crippen LogP contribution is -2.57. The van der Waals surface area contributed by atoms with E-state index in [0.717, 1.165) is 37.0 Å². The van der Waals surface area contributed by atoms with Crippen LogP contribution in [0.2, 0.25) is 0 Å². The first-order chi connectivity index (χ1) is 10.6. The molecule has 2 heteroatoms. The van der Waals surface area contributed by atoms with Gasteiger partial charge in [0.15, 0.2) is 0 Å². The topological polar surface area (TPSA) is 40.5 Å². The molecular formula is C21H36O2. The van der Waals surface area contributed by atoms with Crippen molar-refractivity contribution in [3.05, 3.63) is 0 Å². The normalized spacial score (nSPS) is 62.3. The molecule has 2 nitrogen and oxygen atoms in total. The van der Waals surface area contributed by atoms with Gasteiger partial charge >= 0.3 is 0 Å². The SMILES string of the molecule is CC1(O)CC[C@@]2(C)C(CC[C@@H]3[C@H]2CC[C@@]2(C)[C@H]3CCC2(C)O)C1. The Morgan fingerprint density at radius 2 is 1.43 bits per heavy atom. The number of hydrogen-bond donors (Lipinski definition) is 2. The smallest absolute Gasteiger partial charge is 0.0675 e. The highest BCUT2D eigenvalue weighted by atomic mass is 16.3. The molecule has 0 spiro atoms. The van der Waals surface area contributed by atoms with Crippen LogP contribution in [-0.4, -0.2) is 21.4 Å². The Morgan fingerprint density at radius 1 is 0.739 bits per heavy atom. The van der Waals surface area contributed by atoms with Gasteiger partial charge in [-0.25, -0.2) is 0 Å². The van der Waals surface area contributed by atoms with Gasteiger partial charge in [-0.3, -0.25) is 0 Å². The molecule has 0 aliphatic heterocycles.